The lowest BCUT2D eigenvalue weighted by Crippen LogP contribution is -2.14. The number of ether oxygens (including phenoxy) is 2. The Labute approximate surface area is 140 Å². The van der Waals surface area contributed by atoms with Gasteiger partial charge in [-0.2, -0.15) is 0 Å². The van der Waals surface area contributed by atoms with E-state index in [1.54, 1.807) is 36.4 Å². The number of hydrogen-bond acceptors (Lipinski definition) is 5. The Balaban J connectivity index is 2.19. The molecule has 0 aromatic heterocycles. The molecular formula is C16H18N2O5S. The van der Waals surface area contributed by atoms with Crippen LogP contribution in [0.5, 0.6) is 11.5 Å². The molecule has 0 spiro atoms. The first kappa shape index (κ1) is 17.6. The largest absolute Gasteiger partial charge is 0.493 e. The molecule has 0 aliphatic carbocycles. The van der Waals surface area contributed by atoms with Gasteiger partial charge in [0.2, 0.25) is 10.0 Å². The molecule has 2 aromatic carbocycles. The predicted octanol–water partition coefficient (Wildman–Crippen LogP) is 2.33. The van der Waals surface area contributed by atoms with E-state index in [0.29, 0.717) is 28.4 Å². The van der Waals surface area contributed by atoms with Crippen LogP contribution in [0.25, 0.3) is 0 Å². The summed E-state index contributed by atoms with van der Waals surface area (Å²) in [5.74, 6) is 0.664. The minimum atomic E-state index is -3.41. The van der Waals surface area contributed by atoms with E-state index in [1.165, 1.54) is 20.3 Å². The highest BCUT2D eigenvalue weighted by Gasteiger charge is 2.11. The van der Waals surface area contributed by atoms with Gasteiger partial charge >= 0.3 is 0 Å². The summed E-state index contributed by atoms with van der Waals surface area (Å²) >= 11 is 0. The van der Waals surface area contributed by atoms with Crippen LogP contribution < -0.4 is 19.5 Å². The molecule has 1 amide bonds. The van der Waals surface area contributed by atoms with Crippen LogP contribution in [0, 0.1) is 0 Å². The number of nitrogens with one attached hydrogen (secondary N) is 2. The maximum Gasteiger partial charge on any atom is 0.255 e. The van der Waals surface area contributed by atoms with E-state index >= 15 is 0 Å². The fraction of sp³-hybridized carbons (Fsp3) is 0.188. The first-order valence-electron chi connectivity index (χ1n) is 6.93. The van der Waals surface area contributed by atoms with Gasteiger partial charge in [-0.1, -0.05) is 6.07 Å². The van der Waals surface area contributed by atoms with Crippen molar-refractivity contribution in [2.45, 2.75) is 0 Å². The first-order chi connectivity index (χ1) is 11.3. The van der Waals surface area contributed by atoms with Gasteiger partial charge < -0.3 is 14.8 Å². The van der Waals surface area contributed by atoms with Crippen LogP contribution in [-0.4, -0.2) is 34.8 Å². The van der Waals surface area contributed by atoms with Crippen molar-refractivity contribution in [2.75, 3.05) is 30.5 Å². The molecule has 0 heterocycles. The molecule has 0 atom stereocenters. The number of methoxy groups -OCH3 is 2. The van der Waals surface area contributed by atoms with Gasteiger partial charge in [-0.25, -0.2) is 8.42 Å². The van der Waals surface area contributed by atoms with Crippen LogP contribution in [0.2, 0.25) is 0 Å². The molecule has 0 fully saturated rings. The lowest BCUT2D eigenvalue weighted by atomic mass is 10.2. The molecule has 0 unspecified atom stereocenters. The van der Waals surface area contributed by atoms with E-state index in [1.807, 2.05) is 0 Å². The summed E-state index contributed by atoms with van der Waals surface area (Å²) in [6, 6.07) is 11.2. The average Bonchev–Trinajstić information content (AvgIpc) is 2.53. The van der Waals surface area contributed by atoms with E-state index in [4.69, 9.17) is 9.47 Å². The average molecular weight is 350 g/mol. The number of amides is 1. The molecule has 0 saturated heterocycles. The maximum atomic E-state index is 12.3. The molecule has 2 N–H and O–H groups in total. The maximum absolute atomic E-state index is 12.3. The Bertz CT molecular complexity index is 849. The highest BCUT2D eigenvalue weighted by molar-refractivity contribution is 7.92. The third-order valence-corrected chi connectivity index (χ3v) is 3.68. The monoisotopic (exact) mass is 350 g/mol. The second kappa shape index (κ2) is 7.22. The topological polar surface area (TPSA) is 93.7 Å². The second-order valence-corrected chi connectivity index (χ2v) is 6.73. The van der Waals surface area contributed by atoms with Crippen LogP contribution in [-0.2, 0) is 10.0 Å². The van der Waals surface area contributed by atoms with Gasteiger partial charge in [0, 0.05) is 23.0 Å². The van der Waals surface area contributed by atoms with Crippen molar-refractivity contribution < 1.29 is 22.7 Å². The number of carbonyl (C=O) groups excluding carboxylic acids is 1. The second-order valence-electron chi connectivity index (χ2n) is 4.98. The van der Waals surface area contributed by atoms with Crippen LogP contribution in [0.3, 0.4) is 0 Å². The van der Waals surface area contributed by atoms with E-state index in [9.17, 15) is 13.2 Å². The van der Waals surface area contributed by atoms with Crippen LogP contribution in [0.4, 0.5) is 11.4 Å². The number of anilines is 2. The summed E-state index contributed by atoms with van der Waals surface area (Å²) in [4.78, 5) is 12.3. The van der Waals surface area contributed by atoms with E-state index in [2.05, 4.69) is 10.0 Å². The van der Waals surface area contributed by atoms with Crippen molar-refractivity contribution in [3.05, 3.63) is 48.0 Å². The molecule has 128 valence electrons. The van der Waals surface area contributed by atoms with Gasteiger partial charge in [0.05, 0.1) is 20.5 Å². The molecule has 2 rings (SSSR count). The quantitative estimate of drug-likeness (QED) is 0.834. The molecule has 0 bridgehead atoms. The summed E-state index contributed by atoms with van der Waals surface area (Å²) in [5.41, 5.74) is 1.16. The first-order valence-corrected chi connectivity index (χ1v) is 8.83. The minimum Gasteiger partial charge on any atom is -0.493 e. The van der Waals surface area contributed by atoms with E-state index < -0.39 is 10.0 Å². The van der Waals surface area contributed by atoms with E-state index in [0.717, 1.165) is 6.26 Å². The predicted molar refractivity (Wildman–Crippen MR) is 92.4 cm³/mol. The minimum absolute atomic E-state index is 0.317. The van der Waals surface area contributed by atoms with Gasteiger partial charge in [-0.05, 0) is 30.3 Å². The summed E-state index contributed by atoms with van der Waals surface area (Å²) < 4.78 is 35.2. The highest BCUT2D eigenvalue weighted by Crippen LogP contribution is 2.30. The number of sulfonamides is 1. The lowest BCUT2D eigenvalue weighted by Gasteiger charge is -2.11. The standard InChI is InChI=1S/C16H18N2O5S/c1-22-14-8-7-12(10-15(14)23-2)17-16(19)11-5-4-6-13(9-11)18-24(3,20)21/h4-10,18H,1-3H3,(H,17,19). The third-order valence-electron chi connectivity index (χ3n) is 3.07. The zero-order valence-electron chi connectivity index (χ0n) is 13.5. The van der Waals surface area contributed by atoms with Crippen LogP contribution >= 0.6 is 0 Å². The smallest absolute Gasteiger partial charge is 0.255 e. The van der Waals surface area contributed by atoms with Crippen LogP contribution in [0.15, 0.2) is 42.5 Å². The Kier molecular flexibility index (Phi) is 5.30. The normalized spacial score (nSPS) is 10.8. The Morgan fingerprint density at radius 3 is 2.29 bits per heavy atom. The van der Waals surface area contributed by atoms with Gasteiger partial charge in [0.25, 0.3) is 5.91 Å². The van der Waals surface area contributed by atoms with Crippen molar-refractivity contribution >= 4 is 27.3 Å². The van der Waals surface area contributed by atoms with Crippen LogP contribution in [0.1, 0.15) is 10.4 Å². The molecule has 0 aliphatic rings. The third kappa shape index (κ3) is 4.63. The Morgan fingerprint density at radius 1 is 0.958 bits per heavy atom. The summed E-state index contributed by atoms with van der Waals surface area (Å²) in [7, 11) is -0.379. The lowest BCUT2D eigenvalue weighted by molar-refractivity contribution is 0.102. The summed E-state index contributed by atoms with van der Waals surface area (Å²) in [5, 5.41) is 2.72. The fourth-order valence-corrected chi connectivity index (χ4v) is 2.61. The van der Waals surface area contributed by atoms with Crippen molar-refractivity contribution in [3.8, 4) is 11.5 Å². The van der Waals surface area contributed by atoms with Crippen molar-refractivity contribution in [3.63, 3.8) is 0 Å². The molecular weight excluding hydrogens is 332 g/mol. The molecule has 0 saturated carbocycles. The number of hydrogen-bond donors (Lipinski definition) is 2. The SMILES string of the molecule is COc1ccc(NC(=O)c2cccc(NS(C)(=O)=O)c2)cc1OC. The molecule has 0 radical (unpaired) electrons. The molecule has 0 aliphatic heterocycles. The van der Waals surface area contributed by atoms with Gasteiger partial charge in [-0.3, -0.25) is 9.52 Å². The van der Waals surface area contributed by atoms with Gasteiger partial charge in [0.15, 0.2) is 11.5 Å². The fourth-order valence-electron chi connectivity index (χ4n) is 2.06. The van der Waals surface area contributed by atoms with Gasteiger partial charge in [-0.15, -0.1) is 0 Å². The molecule has 2 aromatic rings. The van der Waals surface area contributed by atoms with Crippen molar-refractivity contribution in [2.24, 2.45) is 0 Å². The number of carbonyl (C=O) groups is 1. The van der Waals surface area contributed by atoms with Gasteiger partial charge in [0.1, 0.15) is 0 Å². The summed E-state index contributed by atoms with van der Waals surface area (Å²) in [6.07, 6.45) is 1.05. The zero-order chi connectivity index (χ0) is 17.7. The van der Waals surface area contributed by atoms with E-state index in [-0.39, 0.29) is 5.91 Å². The zero-order valence-corrected chi connectivity index (χ0v) is 14.3. The molecule has 8 heteroatoms. The summed E-state index contributed by atoms with van der Waals surface area (Å²) in [6.45, 7) is 0. The highest BCUT2D eigenvalue weighted by atomic mass is 32.2. The Hall–Kier alpha value is -2.74. The number of rotatable bonds is 6. The molecule has 24 heavy (non-hydrogen) atoms. The van der Waals surface area contributed by atoms with Crippen molar-refractivity contribution in [1.82, 2.24) is 0 Å². The Morgan fingerprint density at radius 2 is 1.67 bits per heavy atom. The number of benzene rings is 2. The van der Waals surface area contributed by atoms with Crippen molar-refractivity contribution in [1.29, 1.82) is 0 Å². The molecule has 7 nitrogen and oxygen atoms in total.